The summed E-state index contributed by atoms with van der Waals surface area (Å²) in [6, 6.07) is 5.39. The third-order valence-electron chi connectivity index (χ3n) is 2.97. The van der Waals surface area contributed by atoms with Crippen molar-refractivity contribution in [3.05, 3.63) is 28.2 Å². The molecule has 0 bridgehead atoms. The van der Waals surface area contributed by atoms with Gasteiger partial charge in [0.2, 0.25) is 10.0 Å². The Morgan fingerprint density at radius 3 is 2.83 bits per heavy atom. The maximum absolute atomic E-state index is 12.6. The van der Waals surface area contributed by atoms with Gasteiger partial charge in [-0.1, -0.05) is 28.9 Å². The zero-order chi connectivity index (χ0) is 13.3. The summed E-state index contributed by atoms with van der Waals surface area (Å²) in [6.07, 6.45) is 0. The second-order valence-electron chi connectivity index (χ2n) is 4.45. The Bertz CT molecular complexity index is 545. The first kappa shape index (κ1) is 14.4. The number of aryl methyl sites for hydroxylation is 1. The van der Waals surface area contributed by atoms with Crippen LogP contribution in [0, 0.1) is 6.92 Å². The smallest absolute Gasteiger partial charge is 0.207 e. The van der Waals surface area contributed by atoms with E-state index in [9.17, 15) is 8.42 Å². The van der Waals surface area contributed by atoms with Crippen molar-refractivity contribution in [3.63, 3.8) is 0 Å². The third-order valence-corrected chi connectivity index (χ3v) is 6.61. The predicted molar refractivity (Wildman–Crippen MR) is 79.6 cm³/mol. The first-order chi connectivity index (χ1) is 8.41. The van der Waals surface area contributed by atoms with E-state index in [2.05, 4.69) is 22.9 Å². The molecule has 1 atom stereocenters. The molecule has 1 fully saturated rings. The summed E-state index contributed by atoms with van der Waals surface area (Å²) in [5.41, 5.74) is 0.795. The number of rotatable bonds is 2. The Morgan fingerprint density at radius 2 is 2.17 bits per heavy atom. The zero-order valence-electron chi connectivity index (χ0n) is 10.4. The number of sulfonamides is 1. The molecule has 3 nitrogen and oxygen atoms in total. The average molecular weight is 350 g/mol. The molecule has 0 amide bonds. The van der Waals surface area contributed by atoms with Crippen molar-refractivity contribution in [2.24, 2.45) is 0 Å². The van der Waals surface area contributed by atoms with E-state index < -0.39 is 10.0 Å². The molecular formula is C12H16BrNO2S2. The van der Waals surface area contributed by atoms with Crippen LogP contribution in [-0.2, 0) is 10.0 Å². The van der Waals surface area contributed by atoms with Crippen LogP contribution in [0.5, 0.6) is 0 Å². The van der Waals surface area contributed by atoms with Crippen LogP contribution < -0.4 is 0 Å². The maximum atomic E-state index is 12.6. The standard InChI is InChI=1S/C12H16BrNO2S2/c1-9-3-4-11(13)7-12(9)18(15,16)14-5-6-17-10(2)8-14/h3-4,7,10H,5-6,8H2,1-2H3. The molecule has 18 heavy (non-hydrogen) atoms. The summed E-state index contributed by atoms with van der Waals surface area (Å²) >= 11 is 5.16. The predicted octanol–water partition coefficient (Wildman–Crippen LogP) is 2.88. The van der Waals surface area contributed by atoms with Crippen molar-refractivity contribution in [3.8, 4) is 0 Å². The second-order valence-corrected chi connectivity index (χ2v) is 8.82. The van der Waals surface area contributed by atoms with Crippen LogP contribution >= 0.6 is 27.7 Å². The fourth-order valence-electron chi connectivity index (χ4n) is 2.00. The van der Waals surface area contributed by atoms with E-state index in [-0.39, 0.29) is 0 Å². The number of hydrogen-bond donors (Lipinski definition) is 0. The highest BCUT2D eigenvalue weighted by Gasteiger charge is 2.30. The van der Waals surface area contributed by atoms with Crippen molar-refractivity contribution in [1.29, 1.82) is 0 Å². The van der Waals surface area contributed by atoms with Gasteiger partial charge in [-0.05, 0) is 24.6 Å². The number of thioether (sulfide) groups is 1. The molecule has 6 heteroatoms. The largest absolute Gasteiger partial charge is 0.243 e. The minimum Gasteiger partial charge on any atom is -0.207 e. The maximum Gasteiger partial charge on any atom is 0.243 e. The molecule has 1 aromatic rings. The molecule has 1 unspecified atom stereocenters. The van der Waals surface area contributed by atoms with Crippen LogP contribution in [-0.4, -0.2) is 36.8 Å². The lowest BCUT2D eigenvalue weighted by atomic mass is 10.2. The van der Waals surface area contributed by atoms with E-state index >= 15 is 0 Å². The van der Waals surface area contributed by atoms with Crippen molar-refractivity contribution in [1.82, 2.24) is 4.31 Å². The highest BCUT2D eigenvalue weighted by Crippen LogP contribution is 2.27. The van der Waals surface area contributed by atoms with Gasteiger partial charge in [0.1, 0.15) is 0 Å². The fourth-order valence-corrected chi connectivity index (χ4v) is 5.51. The molecule has 1 saturated heterocycles. The Balaban J connectivity index is 2.38. The van der Waals surface area contributed by atoms with Crippen molar-refractivity contribution < 1.29 is 8.42 Å². The van der Waals surface area contributed by atoms with Gasteiger partial charge in [-0.3, -0.25) is 0 Å². The molecule has 100 valence electrons. The monoisotopic (exact) mass is 349 g/mol. The molecule has 0 radical (unpaired) electrons. The minimum absolute atomic E-state index is 0.362. The van der Waals surface area contributed by atoms with E-state index in [4.69, 9.17) is 0 Å². The van der Waals surface area contributed by atoms with Crippen LogP contribution in [0.15, 0.2) is 27.6 Å². The molecule has 0 spiro atoms. The van der Waals surface area contributed by atoms with Crippen LogP contribution in [0.4, 0.5) is 0 Å². The van der Waals surface area contributed by atoms with Crippen LogP contribution in [0.3, 0.4) is 0 Å². The van der Waals surface area contributed by atoms with Gasteiger partial charge < -0.3 is 0 Å². The zero-order valence-corrected chi connectivity index (χ0v) is 13.6. The Hall–Kier alpha value is -0.0400. The number of halogens is 1. The van der Waals surface area contributed by atoms with Gasteiger partial charge in [-0.2, -0.15) is 16.1 Å². The van der Waals surface area contributed by atoms with Crippen molar-refractivity contribution >= 4 is 37.7 Å². The molecule has 1 aromatic carbocycles. The van der Waals surface area contributed by atoms with E-state index in [1.165, 1.54) is 0 Å². The van der Waals surface area contributed by atoms with E-state index in [0.717, 1.165) is 15.8 Å². The Morgan fingerprint density at radius 1 is 1.44 bits per heavy atom. The fraction of sp³-hybridized carbons (Fsp3) is 0.500. The molecule has 2 rings (SSSR count). The highest BCUT2D eigenvalue weighted by atomic mass is 79.9. The van der Waals surface area contributed by atoms with Crippen LogP contribution in [0.25, 0.3) is 0 Å². The first-order valence-electron chi connectivity index (χ1n) is 5.79. The van der Waals surface area contributed by atoms with Crippen LogP contribution in [0.1, 0.15) is 12.5 Å². The van der Waals surface area contributed by atoms with Crippen LogP contribution in [0.2, 0.25) is 0 Å². The molecule has 0 aromatic heterocycles. The average Bonchev–Trinajstić information content (AvgIpc) is 2.32. The molecule has 1 heterocycles. The molecule has 1 aliphatic rings. The summed E-state index contributed by atoms with van der Waals surface area (Å²) in [7, 11) is -3.36. The number of benzene rings is 1. The van der Waals surface area contributed by atoms with E-state index in [1.54, 1.807) is 10.4 Å². The quantitative estimate of drug-likeness (QED) is 0.823. The van der Waals surface area contributed by atoms with Crippen molar-refractivity contribution in [2.75, 3.05) is 18.8 Å². The number of hydrogen-bond acceptors (Lipinski definition) is 3. The summed E-state index contributed by atoms with van der Waals surface area (Å²) in [4.78, 5) is 0.413. The molecular weight excluding hydrogens is 334 g/mol. The van der Waals surface area contributed by atoms with Crippen molar-refractivity contribution in [2.45, 2.75) is 24.0 Å². The lowest BCUT2D eigenvalue weighted by Gasteiger charge is -2.30. The number of nitrogens with zero attached hydrogens (tertiary/aromatic N) is 1. The summed E-state index contributed by atoms with van der Waals surface area (Å²) in [5, 5.41) is 0.362. The Kier molecular flexibility index (Phi) is 4.41. The SMILES string of the molecule is Cc1ccc(Br)cc1S(=O)(=O)N1CCSC(C)C1. The van der Waals surface area contributed by atoms with Gasteiger partial charge in [0.05, 0.1) is 4.90 Å². The normalized spacial score (nSPS) is 22.1. The first-order valence-corrected chi connectivity index (χ1v) is 9.07. The van der Waals surface area contributed by atoms with Gasteiger partial charge >= 0.3 is 0 Å². The lowest BCUT2D eigenvalue weighted by molar-refractivity contribution is 0.424. The lowest BCUT2D eigenvalue weighted by Crippen LogP contribution is -2.41. The van der Waals surface area contributed by atoms with Gasteiger partial charge in [0.25, 0.3) is 0 Å². The third kappa shape index (κ3) is 2.92. The summed E-state index contributed by atoms with van der Waals surface area (Å²) < 4.78 is 27.6. The van der Waals surface area contributed by atoms with E-state index in [1.807, 2.05) is 30.8 Å². The highest BCUT2D eigenvalue weighted by molar-refractivity contribution is 9.10. The molecule has 0 aliphatic carbocycles. The molecule has 1 aliphatic heterocycles. The van der Waals surface area contributed by atoms with Gasteiger partial charge in [0.15, 0.2) is 0 Å². The van der Waals surface area contributed by atoms with Gasteiger partial charge in [-0.25, -0.2) is 8.42 Å². The Labute approximate surface area is 121 Å². The topological polar surface area (TPSA) is 37.4 Å². The molecule has 0 saturated carbocycles. The second kappa shape index (κ2) is 5.53. The van der Waals surface area contributed by atoms with Gasteiger partial charge in [0, 0.05) is 28.6 Å². The van der Waals surface area contributed by atoms with Gasteiger partial charge in [-0.15, -0.1) is 0 Å². The molecule has 0 N–H and O–H groups in total. The minimum atomic E-state index is -3.36. The summed E-state index contributed by atoms with van der Waals surface area (Å²) in [6.45, 7) is 5.10. The summed E-state index contributed by atoms with van der Waals surface area (Å²) in [5.74, 6) is 0.868. The van der Waals surface area contributed by atoms with E-state index in [0.29, 0.717) is 23.2 Å².